The molecule has 0 unspecified atom stereocenters. The first-order chi connectivity index (χ1) is 7.07. The van der Waals surface area contributed by atoms with Gasteiger partial charge in [-0.3, -0.25) is 0 Å². The molecule has 78 valence electrons. The smallest absolute Gasteiger partial charge is 0.181 e. The topological polar surface area (TPSA) is 60.2 Å². The third kappa shape index (κ3) is 2.07. The number of benzene rings is 1. The summed E-state index contributed by atoms with van der Waals surface area (Å²) in [5.41, 5.74) is 1.52. The van der Waals surface area contributed by atoms with E-state index in [4.69, 9.17) is 4.42 Å². The molecule has 5 heteroatoms. The van der Waals surface area contributed by atoms with Gasteiger partial charge >= 0.3 is 0 Å². The van der Waals surface area contributed by atoms with Gasteiger partial charge in [-0.25, -0.2) is 13.4 Å². The van der Waals surface area contributed by atoms with Gasteiger partial charge in [0.05, 0.1) is 4.90 Å². The molecule has 0 fully saturated rings. The molecule has 1 heterocycles. The molecule has 0 spiro atoms. The Kier molecular flexibility index (Phi) is 2.32. The molecule has 0 amide bonds. The van der Waals surface area contributed by atoms with Crippen LogP contribution in [0.3, 0.4) is 0 Å². The van der Waals surface area contributed by atoms with Gasteiger partial charge in [0.1, 0.15) is 12.0 Å². The van der Waals surface area contributed by atoms with Crippen LogP contribution in [0.4, 0.5) is 0 Å². The van der Waals surface area contributed by atoms with Gasteiger partial charge in [-0.05, 0) is 12.1 Å². The molecule has 15 heavy (non-hydrogen) atoms. The summed E-state index contributed by atoms with van der Waals surface area (Å²) in [5.74, 6) is 0. The fourth-order valence-electron chi connectivity index (χ4n) is 1.23. The first-order valence-corrected chi connectivity index (χ1v) is 6.15. The standard InChI is InChI=1S/C10H9NO3S/c1-15(12,13)9-4-2-8(3-5-9)10-6-14-7-11-10/h2-7H,1H3. The fraction of sp³-hybridized carbons (Fsp3) is 0.100. The molecule has 0 radical (unpaired) electrons. The van der Waals surface area contributed by atoms with E-state index in [9.17, 15) is 8.42 Å². The minimum atomic E-state index is -3.13. The number of nitrogens with zero attached hydrogens (tertiary/aromatic N) is 1. The molecule has 0 saturated carbocycles. The van der Waals surface area contributed by atoms with Crippen molar-refractivity contribution in [2.24, 2.45) is 0 Å². The van der Waals surface area contributed by atoms with E-state index in [1.165, 1.54) is 18.9 Å². The SMILES string of the molecule is CS(=O)(=O)c1ccc(-c2cocn2)cc1. The first kappa shape index (κ1) is 9.92. The van der Waals surface area contributed by atoms with Crippen LogP contribution in [0.5, 0.6) is 0 Å². The van der Waals surface area contributed by atoms with Gasteiger partial charge in [0.2, 0.25) is 0 Å². The van der Waals surface area contributed by atoms with Gasteiger partial charge in [-0.15, -0.1) is 0 Å². The Balaban J connectivity index is 2.42. The van der Waals surface area contributed by atoms with Gasteiger partial charge < -0.3 is 4.42 Å². The molecule has 0 aliphatic carbocycles. The number of sulfone groups is 1. The molecule has 0 N–H and O–H groups in total. The predicted octanol–water partition coefficient (Wildman–Crippen LogP) is 1.75. The van der Waals surface area contributed by atoms with Gasteiger partial charge in [0, 0.05) is 11.8 Å². The minimum absolute atomic E-state index is 0.301. The molecule has 4 nitrogen and oxygen atoms in total. The van der Waals surface area contributed by atoms with Crippen molar-refractivity contribution in [3.8, 4) is 11.3 Å². The molecule has 1 aromatic carbocycles. The summed E-state index contributed by atoms with van der Waals surface area (Å²) in [7, 11) is -3.13. The normalized spacial score (nSPS) is 11.5. The van der Waals surface area contributed by atoms with E-state index < -0.39 is 9.84 Å². The van der Waals surface area contributed by atoms with Crippen molar-refractivity contribution in [2.75, 3.05) is 6.26 Å². The Morgan fingerprint density at radius 1 is 1.20 bits per heavy atom. The Hall–Kier alpha value is -1.62. The number of hydrogen-bond acceptors (Lipinski definition) is 4. The molecule has 0 aliphatic heterocycles. The van der Waals surface area contributed by atoms with Crippen LogP contribution in [0.15, 0.2) is 46.2 Å². The van der Waals surface area contributed by atoms with Crippen LogP contribution in [-0.4, -0.2) is 19.7 Å². The van der Waals surface area contributed by atoms with Crippen LogP contribution in [-0.2, 0) is 9.84 Å². The number of rotatable bonds is 2. The molecule has 2 rings (SSSR count). The second-order valence-electron chi connectivity index (χ2n) is 3.17. The molecule has 0 bridgehead atoms. The fourth-order valence-corrected chi connectivity index (χ4v) is 1.86. The van der Waals surface area contributed by atoms with E-state index in [0.29, 0.717) is 10.6 Å². The molecular formula is C10H9NO3S. The molecule has 0 atom stereocenters. The van der Waals surface area contributed by atoms with Crippen LogP contribution < -0.4 is 0 Å². The highest BCUT2D eigenvalue weighted by Gasteiger charge is 2.07. The summed E-state index contributed by atoms with van der Waals surface area (Å²) >= 11 is 0. The highest BCUT2D eigenvalue weighted by atomic mass is 32.2. The minimum Gasteiger partial charge on any atom is -0.451 e. The second-order valence-corrected chi connectivity index (χ2v) is 5.19. The summed E-state index contributed by atoms with van der Waals surface area (Å²) in [4.78, 5) is 4.26. The molecular weight excluding hydrogens is 214 g/mol. The van der Waals surface area contributed by atoms with Crippen LogP contribution in [0.25, 0.3) is 11.3 Å². The number of oxazole rings is 1. The van der Waals surface area contributed by atoms with E-state index in [-0.39, 0.29) is 0 Å². The third-order valence-electron chi connectivity index (χ3n) is 2.01. The van der Waals surface area contributed by atoms with Crippen molar-refractivity contribution in [3.05, 3.63) is 36.9 Å². The van der Waals surface area contributed by atoms with Crippen LogP contribution in [0.2, 0.25) is 0 Å². The largest absolute Gasteiger partial charge is 0.451 e. The quantitative estimate of drug-likeness (QED) is 0.778. The van der Waals surface area contributed by atoms with E-state index in [1.54, 1.807) is 24.3 Å². The number of hydrogen-bond donors (Lipinski definition) is 0. The third-order valence-corrected chi connectivity index (χ3v) is 3.14. The van der Waals surface area contributed by atoms with Crippen molar-refractivity contribution in [2.45, 2.75) is 4.90 Å². The second kappa shape index (κ2) is 3.51. The average Bonchev–Trinajstić information content (AvgIpc) is 2.69. The van der Waals surface area contributed by atoms with Crippen LogP contribution in [0.1, 0.15) is 0 Å². The maximum Gasteiger partial charge on any atom is 0.181 e. The van der Waals surface area contributed by atoms with E-state index in [0.717, 1.165) is 5.56 Å². The zero-order valence-corrected chi connectivity index (χ0v) is 8.86. The maximum atomic E-state index is 11.2. The highest BCUT2D eigenvalue weighted by Crippen LogP contribution is 2.19. The monoisotopic (exact) mass is 223 g/mol. The van der Waals surface area contributed by atoms with Gasteiger partial charge in [-0.1, -0.05) is 12.1 Å². The van der Waals surface area contributed by atoms with Crippen molar-refractivity contribution in [1.29, 1.82) is 0 Å². The zero-order chi connectivity index (χ0) is 10.9. The Morgan fingerprint density at radius 2 is 1.87 bits per heavy atom. The lowest BCUT2D eigenvalue weighted by atomic mass is 10.2. The number of aromatic nitrogens is 1. The summed E-state index contributed by atoms with van der Waals surface area (Å²) in [5, 5.41) is 0. The Morgan fingerprint density at radius 3 is 2.33 bits per heavy atom. The molecule has 0 aliphatic rings. The predicted molar refractivity (Wildman–Crippen MR) is 55.0 cm³/mol. The molecule has 1 aromatic heterocycles. The van der Waals surface area contributed by atoms with Gasteiger partial charge in [-0.2, -0.15) is 0 Å². The Labute approximate surface area is 87.5 Å². The summed E-state index contributed by atoms with van der Waals surface area (Å²) in [6, 6.07) is 6.52. The van der Waals surface area contributed by atoms with Crippen molar-refractivity contribution in [3.63, 3.8) is 0 Å². The van der Waals surface area contributed by atoms with E-state index in [2.05, 4.69) is 4.98 Å². The van der Waals surface area contributed by atoms with E-state index >= 15 is 0 Å². The lowest BCUT2D eigenvalue weighted by molar-refractivity contribution is 0.558. The maximum absolute atomic E-state index is 11.2. The molecule has 0 saturated heterocycles. The van der Waals surface area contributed by atoms with Gasteiger partial charge in [0.25, 0.3) is 0 Å². The van der Waals surface area contributed by atoms with Crippen molar-refractivity contribution < 1.29 is 12.8 Å². The van der Waals surface area contributed by atoms with Crippen LogP contribution >= 0.6 is 0 Å². The average molecular weight is 223 g/mol. The summed E-state index contributed by atoms with van der Waals surface area (Å²) < 4.78 is 27.2. The Bertz CT molecular complexity index is 541. The molecule has 2 aromatic rings. The van der Waals surface area contributed by atoms with Crippen molar-refractivity contribution in [1.82, 2.24) is 4.98 Å². The lowest BCUT2D eigenvalue weighted by Gasteiger charge is -1.99. The zero-order valence-electron chi connectivity index (χ0n) is 8.04. The van der Waals surface area contributed by atoms with Crippen molar-refractivity contribution >= 4 is 9.84 Å². The summed E-state index contributed by atoms with van der Waals surface area (Å²) in [6.45, 7) is 0. The van der Waals surface area contributed by atoms with Gasteiger partial charge in [0.15, 0.2) is 16.2 Å². The first-order valence-electron chi connectivity index (χ1n) is 4.26. The van der Waals surface area contributed by atoms with E-state index in [1.807, 2.05) is 0 Å². The van der Waals surface area contributed by atoms with Crippen LogP contribution in [0, 0.1) is 0 Å². The summed E-state index contributed by atoms with van der Waals surface area (Å²) in [6.07, 6.45) is 4.02. The highest BCUT2D eigenvalue weighted by molar-refractivity contribution is 7.90. The lowest BCUT2D eigenvalue weighted by Crippen LogP contribution is -1.96.